The Balaban J connectivity index is 0.000000807. The lowest BCUT2D eigenvalue weighted by Crippen LogP contribution is -2.12. The SMILES string of the molecule is CC.CC.Cn1c(C#CC2CCC(C#CC3CCCCC3)CC2)nc2c(=O)[nH]cnc21. The highest BCUT2D eigenvalue weighted by molar-refractivity contribution is 5.70. The van der Waals surface area contributed by atoms with Gasteiger partial charge in [0.2, 0.25) is 0 Å². The standard InChI is InChI=1S/C22H26N4O.2C2H6/c1-26-19(25-20-21(26)23-15-24-22(20)27)14-13-18-11-9-17(10-12-18)8-7-16-5-3-2-4-6-16;2*1-2/h15-18H,2-6,9-12H2,1H3,(H,23,24,27);2*1-2H3. The van der Waals surface area contributed by atoms with Gasteiger partial charge < -0.3 is 9.55 Å². The molecule has 2 aliphatic rings. The van der Waals surface area contributed by atoms with Crippen LogP contribution in [0.3, 0.4) is 0 Å². The van der Waals surface area contributed by atoms with Crippen LogP contribution in [0.1, 0.15) is 91.3 Å². The molecule has 2 aromatic heterocycles. The molecule has 0 aliphatic heterocycles. The summed E-state index contributed by atoms with van der Waals surface area (Å²) in [5, 5.41) is 0. The van der Waals surface area contributed by atoms with Gasteiger partial charge in [0.05, 0.1) is 6.33 Å². The Kier molecular flexibility index (Phi) is 10.4. The smallest absolute Gasteiger partial charge is 0.278 e. The Labute approximate surface area is 187 Å². The van der Waals surface area contributed by atoms with E-state index in [2.05, 4.69) is 38.6 Å². The van der Waals surface area contributed by atoms with Crippen molar-refractivity contribution in [3.8, 4) is 23.7 Å². The Hall–Kier alpha value is -2.53. The topological polar surface area (TPSA) is 63.6 Å². The first kappa shape index (κ1) is 24.7. The highest BCUT2D eigenvalue weighted by Crippen LogP contribution is 2.29. The molecule has 0 aromatic carbocycles. The lowest BCUT2D eigenvalue weighted by atomic mass is 9.82. The highest BCUT2D eigenvalue weighted by Gasteiger charge is 2.19. The van der Waals surface area contributed by atoms with Crippen LogP contribution in [0, 0.1) is 41.4 Å². The lowest BCUT2D eigenvalue weighted by molar-refractivity contribution is 0.371. The van der Waals surface area contributed by atoms with Crippen molar-refractivity contribution in [3.63, 3.8) is 0 Å². The van der Waals surface area contributed by atoms with E-state index in [0.29, 0.717) is 34.7 Å². The number of hydrogen-bond acceptors (Lipinski definition) is 3. The van der Waals surface area contributed by atoms with Gasteiger partial charge in [-0.05, 0) is 44.4 Å². The predicted octanol–water partition coefficient (Wildman–Crippen LogP) is 5.45. The largest absolute Gasteiger partial charge is 0.311 e. The van der Waals surface area contributed by atoms with Crippen LogP contribution in [-0.2, 0) is 7.05 Å². The van der Waals surface area contributed by atoms with Gasteiger partial charge in [0.15, 0.2) is 17.0 Å². The van der Waals surface area contributed by atoms with Crippen LogP contribution in [0.15, 0.2) is 11.1 Å². The fourth-order valence-corrected chi connectivity index (χ4v) is 4.15. The molecule has 0 bridgehead atoms. The monoisotopic (exact) mass is 422 g/mol. The maximum Gasteiger partial charge on any atom is 0.278 e. The van der Waals surface area contributed by atoms with E-state index in [1.54, 1.807) is 4.57 Å². The molecule has 0 amide bonds. The highest BCUT2D eigenvalue weighted by atomic mass is 16.1. The second-order valence-corrected chi connectivity index (χ2v) is 7.84. The second-order valence-electron chi connectivity index (χ2n) is 7.84. The van der Waals surface area contributed by atoms with E-state index in [1.807, 2.05) is 34.7 Å². The lowest BCUT2D eigenvalue weighted by Gasteiger charge is -2.22. The van der Waals surface area contributed by atoms with Gasteiger partial charge in [-0.2, -0.15) is 0 Å². The second kappa shape index (κ2) is 13.0. The van der Waals surface area contributed by atoms with E-state index in [1.165, 1.54) is 38.4 Å². The number of rotatable bonds is 0. The number of aromatic nitrogens is 4. The molecule has 0 unspecified atom stereocenters. The first-order valence-corrected chi connectivity index (χ1v) is 12.1. The summed E-state index contributed by atoms with van der Waals surface area (Å²) in [6.45, 7) is 8.00. The van der Waals surface area contributed by atoms with Crippen molar-refractivity contribution >= 4 is 11.2 Å². The van der Waals surface area contributed by atoms with Crippen molar-refractivity contribution in [1.82, 2.24) is 19.5 Å². The van der Waals surface area contributed by atoms with Gasteiger partial charge in [-0.15, -0.1) is 0 Å². The third-order valence-corrected chi connectivity index (χ3v) is 5.87. The molecule has 5 nitrogen and oxygen atoms in total. The zero-order valence-corrected chi connectivity index (χ0v) is 19.9. The summed E-state index contributed by atoms with van der Waals surface area (Å²) in [4.78, 5) is 22.9. The predicted molar refractivity (Wildman–Crippen MR) is 129 cm³/mol. The third kappa shape index (κ3) is 6.73. The summed E-state index contributed by atoms with van der Waals surface area (Å²) in [5.74, 6) is 15.8. The van der Waals surface area contributed by atoms with Gasteiger partial charge in [-0.1, -0.05) is 64.7 Å². The number of fused-ring (bicyclic) bond motifs is 1. The van der Waals surface area contributed by atoms with Crippen LogP contribution >= 0.6 is 0 Å². The number of aromatic amines is 1. The number of nitrogens with one attached hydrogen (secondary N) is 1. The molecule has 0 saturated heterocycles. The number of aryl methyl sites for hydroxylation is 1. The minimum Gasteiger partial charge on any atom is -0.311 e. The van der Waals surface area contributed by atoms with E-state index >= 15 is 0 Å². The molecule has 2 aromatic rings. The van der Waals surface area contributed by atoms with E-state index in [0.717, 1.165) is 25.7 Å². The summed E-state index contributed by atoms with van der Waals surface area (Å²) < 4.78 is 1.79. The molecule has 4 rings (SSSR count). The van der Waals surface area contributed by atoms with Crippen LogP contribution in [0.2, 0.25) is 0 Å². The Bertz CT molecular complexity index is 982. The summed E-state index contributed by atoms with van der Waals surface area (Å²) in [6, 6.07) is 0. The van der Waals surface area contributed by atoms with Gasteiger partial charge in [0, 0.05) is 24.8 Å². The van der Waals surface area contributed by atoms with E-state index in [-0.39, 0.29) is 5.56 Å². The van der Waals surface area contributed by atoms with Crippen molar-refractivity contribution in [2.75, 3.05) is 0 Å². The first-order valence-electron chi connectivity index (χ1n) is 12.1. The summed E-state index contributed by atoms with van der Waals surface area (Å²) in [5.41, 5.74) is 0.705. The maximum atomic E-state index is 11.8. The molecule has 2 saturated carbocycles. The normalized spacial score (nSPS) is 20.7. The molecule has 0 radical (unpaired) electrons. The molecular weight excluding hydrogens is 384 g/mol. The molecule has 0 atom stereocenters. The fourth-order valence-electron chi connectivity index (χ4n) is 4.15. The van der Waals surface area contributed by atoms with Crippen molar-refractivity contribution in [3.05, 3.63) is 22.5 Å². The fraction of sp³-hybridized carbons (Fsp3) is 0.654. The van der Waals surface area contributed by atoms with E-state index < -0.39 is 0 Å². The molecule has 31 heavy (non-hydrogen) atoms. The minimum absolute atomic E-state index is 0.222. The number of H-pyrrole nitrogens is 1. The molecule has 0 spiro atoms. The van der Waals surface area contributed by atoms with Gasteiger partial charge in [0.1, 0.15) is 0 Å². The summed E-state index contributed by atoms with van der Waals surface area (Å²) in [6.07, 6.45) is 12.6. The number of hydrogen-bond donors (Lipinski definition) is 1. The maximum absolute atomic E-state index is 11.8. The van der Waals surface area contributed by atoms with Crippen molar-refractivity contribution in [2.45, 2.75) is 85.5 Å². The first-order chi connectivity index (χ1) is 15.2. The van der Waals surface area contributed by atoms with Crippen molar-refractivity contribution < 1.29 is 0 Å². The summed E-state index contributed by atoms with van der Waals surface area (Å²) >= 11 is 0. The van der Waals surface area contributed by atoms with Gasteiger partial charge in [0.25, 0.3) is 5.56 Å². The number of nitrogens with zero attached hydrogens (tertiary/aromatic N) is 3. The van der Waals surface area contributed by atoms with E-state index in [4.69, 9.17) is 0 Å². The van der Waals surface area contributed by atoms with Gasteiger partial charge >= 0.3 is 0 Å². The Morgan fingerprint density at radius 3 is 2.00 bits per heavy atom. The minimum atomic E-state index is -0.222. The van der Waals surface area contributed by atoms with Crippen LogP contribution in [0.4, 0.5) is 0 Å². The zero-order valence-electron chi connectivity index (χ0n) is 19.9. The van der Waals surface area contributed by atoms with Gasteiger partial charge in [-0.25, -0.2) is 9.97 Å². The average Bonchev–Trinajstić information content (AvgIpc) is 3.17. The van der Waals surface area contributed by atoms with Crippen LogP contribution in [-0.4, -0.2) is 19.5 Å². The quantitative estimate of drug-likeness (QED) is 0.574. The van der Waals surface area contributed by atoms with Crippen LogP contribution in [0.5, 0.6) is 0 Å². The Morgan fingerprint density at radius 1 is 0.871 bits per heavy atom. The number of imidazole rings is 1. The Morgan fingerprint density at radius 2 is 1.42 bits per heavy atom. The average molecular weight is 423 g/mol. The van der Waals surface area contributed by atoms with Crippen LogP contribution < -0.4 is 5.56 Å². The van der Waals surface area contributed by atoms with Crippen molar-refractivity contribution in [2.24, 2.45) is 24.8 Å². The molecule has 168 valence electrons. The molecule has 2 fully saturated rings. The van der Waals surface area contributed by atoms with Gasteiger partial charge in [-0.3, -0.25) is 4.79 Å². The molecular formula is C26H38N4O. The molecule has 2 aliphatic carbocycles. The summed E-state index contributed by atoms with van der Waals surface area (Å²) in [7, 11) is 1.85. The molecule has 5 heteroatoms. The zero-order chi connectivity index (χ0) is 22.6. The molecule has 2 heterocycles. The van der Waals surface area contributed by atoms with E-state index in [9.17, 15) is 4.79 Å². The van der Waals surface area contributed by atoms with Crippen LogP contribution in [0.25, 0.3) is 11.2 Å². The molecule has 1 N–H and O–H groups in total. The van der Waals surface area contributed by atoms with Crippen molar-refractivity contribution in [1.29, 1.82) is 0 Å². The third-order valence-electron chi connectivity index (χ3n) is 5.87.